The molecule has 1 aliphatic heterocycles. The Morgan fingerprint density at radius 1 is 1.17 bits per heavy atom. The summed E-state index contributed by atoms with van der Waals surface area (Å²) in [6.07, 6.45) is -0.900. The van der Waals surface area contributed by atoms with Crippen LogP contribution in [-0.4, -0.2) is 30.8 Å². The molecular weight excluding hydrogens is 301 g/mol. The van der Waals surface area contributed by atoms with Gasteiger partial charge < -0.3 is 19.9 Å². The summed E-state index contributed by atoms with van der Waals surface area (Å²) >= 11 is 0. The molecule has 0 saturated carbocycles. The first-order valence-corrected chi connectivity index (χ1v) is 7.25. The number of halogens is 1. The van der Waals surface area contributed by atoms with Gasteiger partial charge in [-0.1, -0.05) is 12.1 Å². The van der Waals surface area contributed by atoms with Gasteiger partial charge >= 0.3 is 0 Å². The summed E-state index contributed by atoms with van der Waals surface area (Å²) in [5.74, 6) is 0.284. The maximum atomic E-state index is 13.1. The third-order valence-electron chi connectivity index (χ3n) is 3.49. The van der Waals surface area contributed by atoms with Crippen LogP contribution in [0.25, 0.3) is 0 Å². The fourth-order valence-corrected chi connectivity index (χ4v) is 2.31. The SMILES string of the molecule is O=C(NC[C@@H](O)c1ccc2c(c1)OCCO2)c1cccc(F)c1. The number of ether oxygens (including phenoxy) is 2. The Balaban J connectivity index is 1.63. The normalized spacial score (nSPS) is 14.2. The van der Waals surface area contributed by atoms with Gasteiger partial charge in [0.15, 0.2) is 11.5 Å². The Kier molecular flexibility index (Phi) is 4.43. The van der Waals surface area contributed by atoms with E-state index in [1.165, 1.54) is 18.2 Å². The summed E-state index contributed by atoms with van der Waals surface area (Å²) in [6.45, 7) is 0.969. The zero-order valence-electron chi connectivity index (χ0n) is 12.3. The van der Waals surface area contributed by atoms with Crippen LogP contribution in [0.2, 0.25) is 0 Å². The topological polar surface area (TPSA) is 67.8 Å². The molecule has 1 heterocycles. The van der Waals surface area contributed by atoms with E-state index in [0.29, 0.717) is 30.3 Å². The van der Waals surface area contributed by atoms with E-state index in [2.05, 4.69) is 5.32 Å². The van der Waals surface area contributed by atoms with Crippen molar-refractivity contribution >= 4 is 5.91 Å². The molecule has 3 rings (SSSR count). The van der Waals surface area contributed by atoms with Crippen LogP contribution in [0.4, 0.5) is 4.39 Å². The van der Waals surface area contributed by atoms with E-state index in [9.17, 15) is 14.3 Å². The molecular formula is C17H16FNO4. The highest BCUT2D eigenvalue weighted by Gasteiger charge is 2.16. The molecule has 1 aliphatic rings. The van der Waals surface area contributed by atoms with E-state index < -0.39 is 17.8 Å². The maximum Gasteiger partial charge on any atom is 0.251 e. The molecule has 0 aliphatic carbocycles. The second-order valence-corrected chi connectivity index (χ2v) is 5.14. The van der Waals surface area contributed by atoms with E-state index in [-0.39, 0.29) is 12.1 Å². The van der Waals surface area contributed by atoms with Gasteiger partial charge in [0, 0.05) is 12.1 Å². The van der Waals surface area contributed by atoms with Crippen molar-refractivity contribution < 1.29 is 23.8 Å². The number of amides is 1. The molecule has 5 nitrogen and oxygen atoms in total. The van der Waals surface area contributed by atoms with Crippen molar-refractivity contribution in [1.82, 2.24) is 5.32 Å². The quantitative estimate of drug-likeness (QED) is 0.906. The van der Waals surface area contributed by atoms with E-state index in [0.717, 1.165) is 6.07 Å². The average Bonchev–Trinajstić information content (AvgIpc) is 2.59. The van der Waals surface area contributed by atoms with Gasteiger partial charge in [-0.05, 0) is 35.9 Å². The molecule has 2 N–H and O–H groups in total. The third kappa shape index (κ3) is 3.60. The maximum absolute atomic E-state index is 13.1. The van der Waals surface area contributed by atoms with Gasteiger partial charge in [-0.2, -0.15) is 0 Å². The molecule has 0 spiro atoms. The van der Waals surface area contributed by atoms with Crippen molar-refractivity contribution in [3.63, 3.8) is 0 Å². The van der Waals surface area contributed by atoms with Gasteiger partial charge in [0.2, 0.25) is 0 Å². The highest BCUT2D eigenvalue weighted by molar-refractivity contribution is 5.94. The number of fused-ring (bicyclic) bond motifs is 1. The lowest BCUT2D eigenvalue weighted by atomic mass is 10.1. The van der Waals surface area contributed by atoms with Gasteiger partial charge in [0.25, 0.3) is 5.91 Å². The second-order valence-electron chi connectivity index (χ2n) is 5.14. The van der Waals surface area contributed by atoms with Crippen LogP contribution in [-0.2, 0) is 0 Å². The van der Waals surface area contributed by atoms with Crippen LogP contribution < -0.4 is 14.8 Å². The number of rotatable bonds is 4. The van der Waals surface area contributed by atoms with Crippen molar-refractivity contribution in [3.8, 4) is 11.5 Å². The lowest BCUT2D eigenvalue weighted by Gasteiger charge is -2.20. The molecule has 0 radical (unpaired) electrons. The van der Waals surface area contributed by atoms with Crippen molar-refractivity contribution in [2.45, 2.75) is 6.10 Å². The summed E-state index contributed by atoms with van der Waals surface area (Å²) in [4.78, 5) is 11.9. The lowest BCUT2D eigenvalue weighted by Crippen LogP contribution is -2.28. The lowest BCUT2D eigenvalue weighted by molar-refractivity contribution is 0.0915. The summed E-state index contributed by atoms with van der Waals surface area (Å²) in [6, 6.07) is 10.5. The molecule has 0 fully saturated rings. The minimum Gasteiger partial charge on any atom is -0.486 e. The Morgan fingerprint density at radius 2 is 1.96 bits per heavy atom. The molecule has 2 aromatic carbocycles. The highest BCUT2D eigenvalue weighted by atomic mass is 19.1. The minimum absolute atomic E-state index is 0.00892. The van der Waals surface area contributed by atoms with Crippen LogP contribution in [0.1, 0.15) is 22.0 Å². The number of nitrogens with one attached hydrogen (secondary N) is 1. The summed E-state index contributed by atoms with van der Waals surface area (Å²) in [5, 5.41) is 12.8. The average molecular weight is 317 g/mol. The van der Waals surface area contributed by atoms with E-state index in [1.807, 2.05) is 0 Å². The first kappa shape index (κ1) is 15.3. The minimum atomic E-state index is -0.900. The van der Waals surface area contributed by atoms with Crippen LogP contribution >= 0.6 is 0 Å². The monoisotopic (exact) mass is 317 g/mol. The van der Waals surface area contributed by atoms with E-state index in [1.54, 1.807) is 18.2 Å². The van der Waals surface area contributed by atoms with Crippen LogP contribution in [0.15, 0.2) is 42.5 Å². The van der Waals surface area contributed by atoms with Crippen molar-refractivity contribution in [3.05, 3.63) is 59.4 Å². The van der Waals surface area contributed by atoms with E-state index >= 15 is 0 Å². The Labute approximate surface area is 132 Å². The molecule has 1 amide bonds. The van der Waals surface area contributed by atoms with Crippen LogP contribution in [0, 0.1) is 5.82 Å². The zero-order chi connectivity index (χ0) is 16.2. The first-order valence-electron chi connectivity index (χ1n) is 7.25. The molecule has 6 heteroatoms. The zero-order valence-corrected chi connectivity index (χ0v) is 12.3. The van der Waals surface area contributed by atoms with E-state index in [4.69, 9.17) is 9.47 Å². The summed E-state index contributed by atoms with van der Waals surface area (Å²) < 4.78 is 24.0. The van der Waals surface area contributed by atoms with Crippen LogP contribution in [0.3, 0.4) is 0 Å². The third-order valence-corrected chi connectivity index (χ3v) is 3.49. The molecule has 0 unspecified atom stereocenters. The Hall–Kier alpha value is -2.60. The molecule has 0 saturated heterocycles. The van der Waals surface area contributed by atoms with Gasteiger partial charge in [-0.3, -0.25) is 4.79 Å². The molecule has 1 atom stereocenters. The first-order chi connectivity index (χ1) is 11.1. The standard InChI is InChI=1S/C17H16FNO4/c18-13-3-1-2-12(8-13)17(21)19-10-14(20)11-4-5-15-16(9-11)23-7-6-22-15/h1-5,8-9,14,20H,6-7,10H2,(H,19,21)/t14-/m1/s1. The largest absolute Gasteiger partial charge is 0.486 e. The summed E-state index contributed by atoms with van der Waals surface area (Å²) in [5.41, 5.74) is 0.813. The van der Waals surface area contributed by atoms with Gasteiger partial charge in [0.1, 0.15) is 19.0 Å². The molecule has 120 valence electrons. The smallest absolute Gasteiger partial charge is 0.251 e. The number of hydrogen-bond donors (Lipinski definition) is 2. The Bertz CT molecular complexity index is 719. The summed E-state index contributed by atoms with van der Waals surface area (Å²) in [7, 11) is 0. The second kappa shape index (κ2) is 6.66. The number of aliphatic hydroxyl groups is 1. The number of hydrogen-bond acceptors (Lipinski definition) is 4. The van der Waals surface area contributed by atoms with Crippen molar-refractivity contribution in [1.29, 1.82) is 0 Å². The molecule has 23 heavy (non-hydrogen) atoms. The fraction of sp³-hybridized carbons (Fsp3) is 0.235. The fourth-order valence-electron chi connectivity index (χ4n) is 2.31. The van der Waals surface area contributed by atoms with Crippen molar-refractivity contribution in [2.75, 3.05) is 19.8 Å². The molecule has 0 bridgehead atoms. The molecule has 2 aromatic rings. The number of benzene rings is 2. The van der Waals surface area contributed by atoms with Crippen LogP contribution in [0.5, 0.6) is 11.5 Å². The van der Waals surface area contributed by atoms with Gasteiger partial charge in [0.05, 0.1) is 6.10 Å². The van der Waals surface area contributed by atoms with Gasteiger partial charge in [-0.15, -0.1) is 0 Å². The Morgan fingerprint density at radius 3 is 2.74 bits per heavy atom. The number of aliphatic hydroxyl groups excluding tert-OH is 1. The highest BCUT2D eigenvalue weighted by Crippen LogP contribution is 2.32. The number of carbonyl (C=O) groups is 1. The predicted molar refractivity (Wildman–Crippen MR) is 81.1 cm³/mol. The van der Waals surface area contributed by atoms with Crippen molar-refractivity contribution in [2.24, 2.45) is 0 Å². The predicted octanol–water partition coefficient (Wildman–Crippen LogP) is 2.06. The number of carbonyl (C=O) groups excluding carboxylic acids is 1. The molecule has 0 aromatic heterocycles. The van der Waals surface area contributed by atoms with Gasteiger partial charge in [-0.25, -0.2) is 4.39 Å².